The molecule has 0 bridgehead atoms. The predicted octanol–water partition coefficient (Wildman–Crippen LogP) is 2.93. The van der Waals surface area contributed by atoms with Crippen LogP contribution >= 0.6 is 38.5 Å². The molecule has 0 radical (unpaired) electrons. The van der Waals surface area contributed by atoms with Crippen molar-refractivity contribution in [2.24, 2.45) is 0 Å². The highest BCUT2D eigenvalue weighted by molar-refractivity contribution is 14.1. The number of hydrogen-bond donors (Lipinski definition) is 1. The molecule has 0 saturated heterocycles. The smallest absolute Gasteiger partial charge is 0.124 e. The lowest BCUT2D eigenvalue weighted by atomic mass is 10.1. The first-order valence-electron chi connectivity index (χ1n) is 4.57. The Hall–Kier alpha value is -0.530. The molecule has 2 rings (SSSR count). The van der Waals surface area contributed by atoms with Gasteiger partial charge in [-0.25, -0.2) is 0 Å². The third-order valence-electron chi connectivity index (χ3n) is 2.12. The Morgan fingerprint density at radius 3 is 2.81 bits per heavy atom. The Morgan fingerprint density at radius 2 is 2.12 bits per heavy atom. The van der Waals surface area contributed by atoms with Crippen molar-refractivity contribution >= 4 is 38.5 Å². The Labute approximate surface area is 115 Å². The lowest BCUT2D eigenvalue weighted by molar-refractivity contribution is 0.214. The summed E-state index contributed by atoms with van der Waals surface area (Å²) < 4.78 is 1.94. The second-order valence-electron chi connectivity index (χ2n) is 3.20. The minimum Gasteiger partial charge on any atom is -0.382 e. The van der Waals surface area contributed by atoms with Crippen molar-refractivity contribution in [2.45, 2.75) is 6.10 Å². The van der Waals surface area contributed by atoms with Gasteiger partial charge in [0.2, 0.25) is 0 Å². The molecule has 82 valence electrons. The molecule has 1 atom stereocenters. The van der Waals surface area contributed by atoms with Crippen LogP contribution in [-0.4, -0.2) is 15.1 Å². The summed E-state index contributed by atoms with van der Waals surface area (Å²) >= 11 is 5.58. The van der Waals surface area contributed by atoms with Gasteiger partial charge in [0.05, 0.1) is 11.9 Å². The van der Waals surface area contributed by atoms with E-state index >= 15 is 0 Å². The molecule has 1 aromatic carbocycles. The van der Waals surface area contributed by atoms with Crippen LogP contribution in [0.2, 0.25) is 0 Å². The SMILES string of the molecule is OC(c1cnccn1)c1cc(Br)ccc1I. The molecular weight excluding hydrogens is 383 g/mol. The maximum Gasteiger partial charge on any atom is 0.124 e. The van der Waals surface area contributed by atoms with Gasteiger partial charge < -0.3 is 5.11 Å². The second kappa shape index (κ2) is 5.20. The molecule has 2 aromatic rings. The van der Waals surface area contributed by atoms with Crippen LogP contribution in [0.4, 0.5) is 0 Å². The third-order valence-corrected chi connectivity index (χ3v) is 3.59. The number of hydrogen-bond acceptors (Lipinski definition) is 3. The molecule has 1 N–H and O–H groups in total. The van der Waals surface area contributed by atoms with Gasteiger partial charge in [-0.15, -0.1) is 0 Å². The number of benzene rings is 1. The highest BCUT2D eigenvalue weighted by atomic mass is 127. The summed E-state index contributed by atoms with van der Waals surface area (Å²) in [6.07, 6.45) is 3.99. The molecule has 1 heterocycles. The van der Waals surface area contributed by atoms with Gasteiger partial charge >= 0.3 is 0 Å². The van der Waals surface area contributed by atoms with E-state index in [-0.39, 0.29) is 0 Å². The molecule has 0 aliphatic carbocycles. The number of rotatable bonds is 2. The standard InChI is InChI=1S/C11H8BrIN2O/c12-7-1-2-9(13)8(5-7)11(16)10-6-14-3-4-15-10/h1-6,11,16H. The van der Waals surface area contributed by atoms with E-state index in [1.54, 1.807) is 18.6 Å². The van der Waals surface area contributed by atoms with Crippen LogP contribution in [0.15, 0.2) is 41.3 Å². The van der Waals surface area contributed by atoms with Crippen molar-refractivity contribution < 1.29 is 5.11 Å². The summed E-state index contributed by atoms with van der Waals surface area (Å²) in [4.78, 5) is 8.04. The lowest BCUT2D eigenvalue weighted by Gasteiger charge is -2.12. The van der Waals surface area contributed by atoms with Gasteiger partial charge in [-0.2, -0.15) is 0 Å². The molecule has 5 heteroatoms. The highest BCUT2D eigenvalue weighted by Crippen LogP contribution is 2.27. The van der Waals surface area contributed by atoms with Crippen molar-refractivity contribution in [1.29, 1.82) is 0 Å². The van der Waals surface area contributed by atoms with Gasteiger partial charge in [0.15, 0.2) is 0 Å². The van der Waals surface area contributed by atoms with Crippen molar-refractivity contribution in [3.8, 4) is 0 Å². The largest absolute Gasteiger partial charge is 0.382 e. The van der Waals surface area contributed by atoms with Crippen molar-refractivity contribution in [3.63, 3.8) is 0 Å². The van der Waals surface area contributed by atoms with Gasteiger partial charge in [0.25, 0.3) is 0 Å². The topological polar surface area (TPSA) is 46.0 Å². The summed E-state index contributed by atoms with van der Waals surface area (Å²) in [5.41, 5.74) is 1.38. The fourth-order valence-electron chi connectivity index (χ4n) is 1.34. The average molecular weight is 391 g/mol. The monoisotopic (exact) mass is 390 g/mol. The normalized spacial score (nSPS) is 12.4. The number of nitrogens with zero attached hydrogens (tertiary/aromatic N) is 2. The molecule has 0 saturated carbocycles. The zero-order chi connectivity index (χ0) is 11.5. The molecule has 3 nitrogen and oxygen atoms in total. The number of aliphatic hydroxyl groups excluding tert-OH is 1. The van der Waals surface area contributed by atoms with E-state index < -0.39 is 6.10 Å². The van der Waals surface area contributed by atoms with Crippen LogP contribution in [0, 0.1) is 3.57 Å². The Kier molecular flexibility index (Phi) is 3.88. The third kappa shape index (κ3) is 2.58. The Balaban J connectivity index is 2.41. The molecule has 0 aliphatic rings. The summed E-state index contributed by atoms with van der Waals surface area (Å²) in [7, 11) is 0. The molecule has 1 unspecified atom stereocenters. The predicted molar refractivity (Wildman–Crippen MR) is 73.0 cm³/mol. The molecule has 0 amide bonds. The Bertz CT molecular complexity index is 493. The fourth-order valence-corrected chi connectivity index (χ4v) is 2.34. The molecule has 0 aliphatic heterocycles. The summed E-state index contributed by atoms with van der Waals surface area (Å²) in [6, 6.07) is 5.77. The number of aromatic nitrogens is 2. The van der Waals surface area contributed by atoms with Gasteiger partial charge in [-0.1, -0.05) is 15.9 Å². The van der Waals surface area contributed by atoms with Gasteiger partial charge in [0, 0.05) is 26.0 Å². The molecule has 16 heavy (non-hydrogen) atoms. The van der Waals surface area contributed by atoms with Crippen LogP contribution in [0.5, 0.6) is 0 Å². The maximum absolute atomic E-state index is 10.2. The van der Waals surface area contributed by atoms with E-state index in [4.69, 9.17) is 0 Å². The summed E-state index contributed by atoms with van der Waals surface area (Å²) in [5.74, 6) is 0. The van der Waals surface area contributed by atoms with E-state index in [0.717, 1.165) is 13.6 Å². The summed E-state index contributed by atoms with van der Waals surface area (Å²) in [5, 5.41) is 10.2. The van der Waals surface area contributed by atoms with E-state index in [2.05, 4.69) is 48.5 Å². The molecule has 0 fully saturated rings. The zero-order valence-corrected chi connectivity index (χ0v) is 11.9. The maximum atomic E-state index is 10.2. The van der Waals surface area contributed by atoms with Crippen LogP contribution in [0.25, 0.3) is 0 Å². The molecule has 1 aromatic heterocycles. The van der Waals surface area contributed by atoms with Crippen LogP contribution in [0.3, 0.4) is 0 Å². The lowest BCUT2D eigenvalue weighted by Crippen LogP contribution is -2.04. The Morgan fingerprint density at radius 1 is 1.31 bits per heavy atom. The van der Waals surface area contributed by atoms with E-state index in [1.807, 2.05) is 18.2 Å². The number of halogens is 2. The molecule has 0 spiro atoms. The zero-order valence-electron chi connectivity index (χ0n) is 8.14. The first kappa shape index (κ1) is 11.9. The molecular formula is C11H8BrIN2O. The fraction of sp³-hybridized carbons (Fsp3) is 0.0909. The quantitative estimate of drug-likeness (QED) is 0.802. The second-order valence-corrected chi connectivity index (χ2v) is 5.28. The van der Waals surface area contributed by atoms with E-state index in [0.29, 0.717) is 5.69 Å². The van der Waals surface area contributed by atoms with Crippen LogP contribution in [-0.2, 0) is 0 Å². The number of aliphatic hydroxyl groups is 1. The van der Waals surface area contributed by atoms with Crippen molar-refractivity contribution in [1.82, 2.24) is 9.97 Å². The minimum absolute atomic E-state index is 0.554. The first-order chi connectivity index (χ1) is 7.68. The highest BCUT2D eigenvalue weighted by Gasteiger charge is 2.15. The van der Waals surface area contributed by atoms with Gasteiger partial charge in [-0.3, -0.25) is 9.97 Å². The van der Waals surface area contributed by atoms with Gasteiger partial charge in [-0.05, 0) is 40.8 Å². The van der Waals surface area contributed by atoms with Crippen LogP contribution < -0.4 is 0 Å². The van der Waals surface area contributed by atoms with Gasteiger partial charge in [0.1, 0.15) is 6.10 Å². The first-order valence-corrected chi connectivity index (χ1v) is 6.44. The van der Waals surface area contributed by atoms with E-state index in [9.17, 15) is 5.11 Å². The van der Waals surface area contributed by atoms with Crippen molar-refractivity contribution in [3.05, 3.63) is 56.1 Å². The van der Waals surface area contributed by atoms with E-state index in [1.165, 1.54) is 0 Å². The minimum atomic E-state index is -0.738. The summed E-state index contributed by atoms with van der Waals surface area (Å²) in [6.45, 7) is 0. The van der Waals surface area contributed by atoms with Crippen molar-refractivity contribution in [2.75, 3.05) is 0 Å². The van der Waals surface area contributed by atoms with Crippen LogP contribution in [0.1, 0.15) is 17.4 Å². The average Bonchev–Trinajstić information content (AvgIpc) is 2.32.